The van der Waals surface area contributed by atoms with Crippen LogP contribution < -0.4 is 5.32 Å². The molecule has 1 N–H and O–H groups in total. The predicted octanol–water partition coefficient (Wildman–Crippen LogP) is 3.37. The van der Waals surface area contributed by atoms with Gasteiger partial charge in [-0.15, -0.1) is 0 Å². The third kappa shape index (κ3) is 5.54. The smallest absolute Gasteiger partial charge is 0.310 e. The van der Waals surface area contributed by atoms with Gasteiger partial charge >= 0.3 is 5.97 Å². The number of amides is 1. The van der Waals surface area contributed by atoms with Crippen LogP contribution in [0, 0.1) is 11.8 Å². The van der Waals surface area contributed by atoms with E-state index in [4.69, 9.17) is 16.3 Å². The zero-order valence-electron chi connectivity index (χ0n) is 13.7. The number of hydrogen-bond donors (Lipinski definition) is 1. The first kappa shape index (κ1) is 17.8. The molecule has 1 fully saturated rings. The molecule has 1 saturated carbocycles. The Balaban J connectivity index is 1.73. The summed E-state index contributed by atoms with van der Waals surface area (Å²) in [5, 5.41) is 3.61. The number of rotatable bonds is 5. The molecule has 0 spiro atoms. The standard InChI is InChI=1S/C18H24ClNO3/c1-12-4-3-5-16(13(12)2)20-17(21)11-23-18(22)10-14-6-8-15(19)9-7-14/h6-9,12-13,16H,3-5,10-11H2,1-2H3,(H,20,21)/t12-,13+,16+/m0/s1. The van der Waals surface area contributed by atoms with Gasteiger partial charge in [-0.25, -0.2) is 0 Å². The van der Waals surface area contributed by atoms with Crippen LogP contribution in [0.3, 0.4) is 0 Å². The first-order valence-electron chi connectivity index (χ1n) is 8.15. The molecule has 0 unspecified atom stereocenters. The van der Waals surface area contributed by atoms with E-state index in [1.165, 1.54) is 6.42 Å². The van der Waals surface area contributed by atoms with Gasteiger partial charge in [-0.1, -0.05) is 50.4 Å². The van der Waals surface area contributed by atoms with E-state index in [1.807, 2.05) is 0 Å². The van der Waals surface area contributed by atoms with Crippen molar-refractivity contribution < 1.29 is 14.3 Å². The van der Waals surface area contributed by atoms with E-state index in [0.29, 0.717) is 16.9 Å². The molecular formula is C18H24ClNO3. The van der Waals surface area contributed by atoms with E-state index in [0.717, 1.165) is 18.4 Å². The molecule has 126 valence electrons. The van der Waals surface area contributed by atoms with Crippen molar-refractivity contribution in [2.24, 2.45) is 11.8 Å². The summed E-state index contributed by atoms with van der Waals surface area (Å²) in [6.45, 7) is 4.17. The lowest BCUT2D eigenvalue weighted by molar-refractivity contribution is -0.148. The fraction of sp³-hybridized carbons (Fsp3) is 0.556. The molecule has 2 rings (SSSR count). The molecule has 0 heterocycles. The number of esters is 1. The molecule has 0 bridgehead atoms. The maximum absolute atomic E-state index is 12.0. The first-order chi connectivity index (χ1) is 11.0. The van der Waals surface area contributed by atoms with Gasteiger partial charge < -0.3 is 10.1 Å². The third-order valence-electron chi connectivity index (χ3n) is 4.68. The second-order valence-electron chi connectivity index (χ2n) is 6.41. The van der Waals surface area contributed by atoms with E-state index in [-0.39, 0.29) is 25.0 Å². The van der Waals surface area contributed by atoms with Gasteiger partial charge in [0.15, 0.2) is 6.61 Å². The molecule has 0 saturated heterocycles. The topological polar surface area (TPSA) is 55.4 Å². The highest BCUT2D eigenvalue weighted by Gasteiger charge is 2.28. The molecule has 0 aromatic heterocycles. The van der Waals surface area contributed by atoms with Gasteiger partial charge in [0.2, 0.25) is 0 Å². The lowest BCUT2D eigenvalue weighted by Crippen LogP contribution is -2.45. The number of carbonyl (C=O) groups is 2. The number of hydrogen-bond acceptors (Lipinski definition) is 3. The van der Waals surface area contributed by atoms with Gasteiger partial charge in [0.05, 0.1) is 6.42 Å². The van der Waals surface area contributed by atoms with Gasteiger partial charge in [0.25, 0.3) is 5.91 Å². The Labute approximate surface area is 142 Å². The third-order valence-corrected chi connectivity index (χ3v) is 4.93. The van der Waals surface area contributed by atoms with E-state index in [1.54, 1.807) is 24.3 Å². The molecule has 1 aliphatic carbocycles. The van der Waals surface area contributed by atoms with Gasteiger partial charge in [-0.2, -0.15) is 0 Å². The van der Waals surface area contributed by atoms with E-state index < -0.39 is 5.97 Å². The van der Waals surface area contributed by atoms with Crippen LogP contribution in [0.15, 0.2) is 24.3 Å². The van der Waals surface area contributed by atoms with Crippen molar-refractivity contribution in [3.8, 4) is 0 Å². The lowest BCUT2D eigenvalue weighted by Gasteiger charge is -2.34. The average molecular weight is 338 g/mol. The Morgan fingerprint density at radius 3 is 2.61 bits per heavy atom. The Hall–Kier alpha value is -1.55. The van der Waals surface area contributed by atoms with Crippen molar-refractivity contribution in [2.75, 3.05) is 6.61 Å². The Bertz CT molecular complexity index is 544. The van der Waals surface area contributed by atoms with Crippen LogP contribution in [0.5, 0.6) is 0 Å². The molecule has 1 aromatic carbocycles. The predicted molar refractivity (Wildman–Crippen MR) is 90.2 cm³/mol. The summed E-state index contributed by atoms with van der Waals surface area (Å²) in [5.74, 6) is 0.437. The van der Waals surface area contributed by atoms with Gasteiger partial charge in [-0.05, 0) is 36.0 Å². The zero-order chi connectivity index (χ0) is 16.8. The van der Waals surface area contributed by atoms with Gasteiger partial charge in [-0.3, -0.25) is 9.59 Å². The van der Waals surface area contributed by atoms with Crippen LogP contribution >= 0.6 is 11.6 Å². The first-order valence-corrected chi connectivity index (χ1v) is 8.53. The zero-order valence-corrected chi connectivity index (χ0v) is 14.4. The molecule has 4 nitrogen and oxygen atoms in total. The number of benzene rings is 1. The second kappa shape index (κ2) is 8.34. The van der Waals surface area contributed by atoms with Crippen LogP contribution in [0.2, 0.25) is 5.02 Å². The Kier molecular flexibility index (Phi) is 6.46. The molecule has 1 amide bonds. The minimum absolute atomic E-state index is 0.140. The summed E-state index contributed by atoms with van der Waals surface area (Å²) in [5.41, 5.74) is 0.814. The lowest BCUT2D eigenvalue weighted by atomic mass is 9.78. The molecule has 23 heavy (non-hydrogen) atoms. The Morgan fingerprint density at radius 1 is 1.22 bits per heavy atom. The van der Waals surface area contributed by atoms with Crippen LogP contribution in [0.1, 0.15) is 38.7 Å². The fourth-order valence-corrected chi connectivity index (χ4v) is 3.13. The van der Waals surface area contributed by atoms with Crippen molar-refractivity contribution >= 4 is 23.5 Å². The van der Waals surface area contributed by atoms with Crippen molar-refractivity contribution in [2.45, 2.75) is 45.6 Å². The highest BCUT2D eigenvalue weighted by molar-refractivity contribution is 6.30. The quantitative estimate of drug-likeness (QED) is 0.838. The molecule has 0 radical (unpaired) electrons. The largest absolute Gasteiger partial charge is 0.455 e. The van der Waals surface area contributed by atoms with Crippen molar-refractivity contribution in [3.63, 3.8) is 0 Å². The monoisotopic (exact) mass is 337 g/mol. The van der Waals surface area contributed by atoms with Gasteiger partial charge in [0.1, 0.15) is 0 Å². The van der Waals surface area contributed by atoms with E-state index in [9.17, 15) is 9.59 Å². The number of ether oxygens (including phenoxy) is 1. The molecule has 0 aliphatic heterocycles. The van der Waals surface area contributed by atoms with E-state index >= 15 is 0 Å². The summed E-state index contributed by atoms with van der Waals surface area (Å²) in [6, 6.07) is 7.18. The molecule has 1 aromatic rings. The summed E-state index contributed by atoms with van der Waals surface area (Å²) in [7, 11) is 0. The summed E-state index contributed by atoms with van der Waals surface area (Å²) in [4.78, 5) is 23.7. The van der Waals surface area contributed by atoms with Crippen molar-refractivity contribution in [3.05, 3.63) is 34.9 Å². The molecule has 3 atom stereocenters. The number of nitrogens with one attached hydrogen (secondary N) is 1. The maximum atomic E-state index is 12.0. The molecule has 1 aliphatic rings. The SMILES string of the molecule is C[C@@H]1[C@@H](C)CCC[C@H]1NC(=O)COC(=O)Cc1ccc(Cl)cc1. The average Bonchev–Trinajstić information content (AvgIpc) is 2.52. The number of carbonyl (C=O) groups excluding carboxylic acids is 2. The normalized spacial score (nSPS) is 24.0. The fourth-order valence-electron chi connectivity index (χ4n) is 3.00. The minimum Gasteiger partial charge on any atom is -0.455 e. The second-order valence-corrected chi connectivity index (χ2v) is 6.84. The highest BCUT2D eigenvalue weighted by Crippen LogP contribution is 2.29. The van der Waals surface area contributed by atoms with Crippen LogP contribution in [0.4, 0.5) is 0 Å². The van der Waals surface area contributed by atoms with Crippen LogP contribution in [-0.2, 0) is 20.7 Å². The summed E-state index contributed by atoms with van der Waals surface area (Å²) in [6.07, 6.45) is 3.48. The molecular weight excluding hydrogens is 314 g/mol. The van der Waals surface area contributed by atoms with Gasteiger partial charge in [0, 0.05) is 11.1 Å². The minimum atomic E-state index is -0.410. The summed E-state index contributed by atoms with van der Waals surface area (Å²) >= 11 is 5.80. The molecule has 5 heteroatoms. The van der Waals surface area contributed by atoms with Crippen LogP contribution in [-0.4, -0.2) is 24.5 Å². The Morgan fingerprint density at radius 2 is 1.91 bits per heavy atom. The highest BCUT2D eigenvalue weighted by atomic mass is 35.5. The van der Waals surface area contributed by atoms with Crippen molar-refractivity contribution in [1.29, 1.82) is 0 Å². The number of halogens is 1. The summed E-state index contributed by atoms with van der Waals surface area (Å²) < 4.78 is 5.06. The van der Waals surface area contributed by atoms with Crippen molar-refractivity contribution in [1.82, 2.24) is 5.32 Å². The van der Waals surface area contributed by atoms with E-state index in [2.05, 4.69) is 19.2 Å². The maximum Gasteiger partial charge on any atom is 0.310 e. The van der Waals surface area contributed by atoms with Crippen LogP contribution in [0.25, 0.3) is 0 Å².